The molecule has 1 aromatic rings. The van der Waals surface area contributed by atoms with E-state index in [4.69, 9.17) is 0 Å². The zero-order chi connectivity index (χ0) is 12.8. The van der Waals surface area contributed by atoms with Gasteiger partial charge in [0.2, 0.25) is 5.91 Å². The number of amides is 2. The Bertz CT molecular complexity index is 398. The number of nitrogens with one attached hydrogen (secondary N) is 2. The Morgan fingerprint density at radius 1 is 1.24 bits per heavy atom. The minimum atomic E-state index is -0.478. The fraction of sp³-hybridized carbons (Fsp3) is 0.385. The molecule has 0 aliphatic carbocycles. The first-order valence-corrected chi connectivity index (χ1v) is 5.67. The van der Waals surface area contributed by atoms with E-state index in [0.29, 0.717) is 12.0 Å². The van der Waals surface area contributed by atoms with E-state index in [-0.39, 0.29) is 11.8 Å². The number of carbonyl (C=O) groups excluding carboxylic acids is 2. The normalized spacial score (nSPS) is 11.7. The fourth-order valence-corrected chi connectivity index (χ4v) is 1.47. The van der Waals surface area contributed by atoms with E-state index in [1.165, 1.54) is 0 Å². The van der Waals surface area contributed by atoms with Crippen LogP contribution < -0.4 is 10.6 Å². The molecule has 0 saturated heterocycles. The van der Waals surface area contributed by atoms with Gasteiger partial charge in [-0.2, -0.15) is 0 Å². The molecule has 0 aliphatic rings. The van der Waals surface area contributed by atoms with Crippen LogP contribution in [-0.2, 0) is 4.79 Å². The van der Waals surface area contributed by atoms with Crippen LogP contribution in [0.5, 0.6) is 0 Å². The summed E-state index contributed by atoms with van der Waals surface area (Å²) in [7, 11) is 1.56. The molecule has 4 heteroatoms. The molecule has 0 radical (unpaired) electrons. The zero-order valence-electron chi connectivity index (χ0n) is 10.4. The van der Waals surface area contributed by atoms with E-state index < -0.39 is 6.04 Å². The van der Waals surface area contributed by atoms with Crippen LogP contribution >= 0.6 is 0 Å². The lowest BCUT2D eigenvalue weighted by Gasteiger charge is -2.15. The standard InChI is InChI=1S/C13H18N2O2/c1-4-11(13(17)14-3)15-12(16)10-7-5-9(2)6-8-10/h5-8,11H,4H2,1-3H3,(H,14,17)(H,15,16). The summed E-state index contributed by atoms with van der Waals surface area (Å²) in [5.41, 5.74) is 1.66. The van der Waals surface area contributed by atoms with E-state index in [1.807, 2.05) is 26.0 Å². The quantitative estimate of drug-likeness (QED) is 0.823. The van der Waals surface area contributed by atoms with Crippen molar-refractivity contribution in [1.82, 2.24) is 10.6 Å². The van der Waals surface area contributed by atoms with Crippen molar-refractivity contribution in [3.05, 3.63) is 35.4 Å². The maximum absolute atomic E-state index is 11.9. The van der Waals surface area contributed by atoms with Crippen molar-refractivity contribution < 1.29 is 9.59 Å². The molecule has 0 bridgehead atoms. The maximum atomic E-state index is 11.9. The topological polar surface area (TPSA) is 58.2 Å². The van der Waals surface area contributed by atoms with E-state index in [0.717, 1.165) is 5.56 Å². The number of likely N-dealkylation sites (N-methyl/N-ethyl adjacent to an activating group) is 1. The molecule has 17 heavy (non-hydrogen) atoms. The van der Waals surface area contributed by atoms with Crippen LogP contribution in [0.4, 0.5) is 0 Å². The lowest BCUT2D eigenvalue weighted by molar-refractivity contribution is -0.122. The van der Waals surface area contributed by atoms with Crippen molar-refractivity contribution in [2.75, 3.05) is 7.05 Å². The Morgan fingerprint density at radius 3 is 2.29 bits per heavy atom. The van der Waals surface area contributed by atoms with Crippen molar-refractivity contribution in [2.24, 2.45) is 0 Å². The highest BCUT2D eigenvalue weighted by Gasteiger charge is 2.17. The second-order valence-electron chi connectivity index (χ2n) is 3.91. The van der Waals surface area contributed by atoms with Crippen LogP contribution in [0, 0.1) is 6.92 Å². The van der Waals surface area contributed by atoms with Crippen LogP contribution in [0.1, 0.15) is 29.3 Å². The molecule has 1 rings (SSSR count). The molecule has 0 fully saturated rings. The van der Waals surface area contributed by atoms with Gasteiger partial charge < -0.3 is 10.6 Å². The van der Waals surface area contributed by atoms with Gasteiger partial charge in [-0.3, -0.25) is 9.59 Å². The van der Waals surface area contributed by atoms with Crippen LogP contribution in [0.2, 0.25) is 0 Å². The van der Waals surface area contributed by atoms with Gasteiger partial charge in [0.05, 0.1) is 0 Å². The predicted molar refractivity (Wildman–Crippen MR) is 66.8 cm³/mol. The molecule has 2 N–H and O–H groups in total. The average molecular weight is 234 g/mol. The van der Waals surface area contributed by atoms with Gasteiger partial charge in [-0.1, -0.05) is 24.6 Å². The number of hydrogen-bond donors (Lipinski definition) is 2. The third kappa shape index (κ3) is 3.59. The molecule has 1 aromatic carbocycles. The highest BCUT2D eigenvalue weighted by Crippen LogP contribution is 2.04. The summed E-state index contributed by atoms with van der Waals surface area (Å²) in [5, 5.41) is 5.23. The molecule has 2 amide bonds. The van der Waals surface area contributed by atoms with E-state index in [2.05, 4.69) is 10.6 Å². The van der Waals surface area contributed by atoms with Gasteiger partial charge in [-0.25, -0.2) is 0 Å². The number of hydrogen-bond acceptors (Lipinski definition) is 2. The van der Waals surface area contributed by atoms with Gasteiger partial charge in [-0.15, -0.1) is 0 Å². The summed E-state index contributed by atoms with van der Waals surface area (Å²) in [6.07, 6.45) is 0.567. The van der Waals surface area contributed by atoms with E-state index in [9.17, 15) is 9.59 Å². The molecule has 0 aromatic heterocycles. The van der Waals surface area contributed by atoms with Gasteiger partial charge >= 0.3 is 0 Å². The fourth-order valence-electron chi connectivity index (χ4n) is 1.47. The first-order valence-electron chi connectivity index (χ1n) is 5.67. The smallest absolute Gasteiger partial charge is 0.251 e. The van der Waals surface area contributed by atoms with Crippen molar-refractivity contribution in [1.29, 1.82) is 0 Å². The van der Waals surface area contributed by atoms with Gasteiger partial charge in [0.25, 0.3) is 5.91 Å². The molecule has 0 heterocycles. The third-order valence-corrected chi connectivity index (χ3v) is 2.59. The van der Waals surface area contributed by atoms with Crippen LogP contribution in [0.25, 0.3) is 0 Å². The lowest BCUT2D eigenvalue weighted by atomic mass is 10.1. The number of rotatable bonds is 4. The number of carbonyl (C=O) groups is 2. The van der Waals surface area contributed by atoms with Crippen molar-refractivity contribution in [3.8, 4) is 0 Å². The van der Waals surface area contributed by atoms with Crippen molar-refractivity contribution in [2.45, 2.75) is 26.3 Å². The molecular formula is C13H18N2O2. The van der Waals surface area contributed by atoms with E-state index in [1.54, 1.807) is 19.2 Å². The second-order valence-corrected chi connectivity index (χ2v) is 3.91. The molecule has 0 spiro atoms. The summed E-state index contributed by atoms with van der Waals surface area (Å²) in [5.74, 6) is -0.395. The highest BCUT2D eigenvalue weighted by atomic mass is 16.2. The van der Waals surface area contributed by atoms with Crippen LogP contribution in [0.3, 0.4) is 0 Å². The van der Waals surface area contributed by atoms with Crippen molar-refractivity contribution in [3.63, 3.8) is 0 Å². The number of benzene rings is 1. The first-order chi connectivity index (χ1) is 8.08. The zero-order valence-corrected chi connectivity index (χ0v) is 10.4. The highest BCUT2D eigenvalue weighted by molar-refractivity contribution is 5.97. The summed E-state index contributed by atoms with van der Waals surface area (Å²) in [4.78, 5) is 23.3. The lowest BCUT2D eigenvalue weighted by Crippen LogP contribution is -2.45. The average Bonchev–Trinajstić information content (AvgIpc) is 2.35. The maximum Gasteiger partial charge on any atom is 0.251 e. The Labute approximate surface area is 101 Å². The SMILES string of the molecule is CCC(NC(=O)c1ccc(C)cc1)C(=O)NC. The molecule has 4 nitrogen and oxygen atoms in total. The summed E-state index contributed by atoms with van der Waals surface area (Å²) < 4.78 is 0. The molecule has 0 saturated carbocycles. The Kier molecular flexibility index (Phi) is 4.69. The molecule has 1 atom stereocenters. The van der Waals surface area contributed by atoms with Gasteiger partial charge in [-0.05, 0) is 25.5 Å². The summed E-state index contributed by atoms with van der Waals surface area (Å²) >= 11 is 0. The number of aryl methyl sites for hydroxylation is 1. The molecule has 0 aliphatic heterocycles. The third-order valence-electron chi connectivity index (χ3n) is 2.59. The Morgan fingerprint density at radius 2 is 1.82 bits per heavy atom. The largest absolute Gasteiger partial charge is 0.357 e. The van der Waals surface area contributed by atoms with Gasteiger partial charge in [0.1, 0.15) is 6.04 Å². The van der Waals surface area contributed by atoms with Crippen LogP contribution in [-0.4, -0.2) is 24.9 Å². The minimum absolute atomic E-state index is 0.173. The monoisotopic (exact) mass is 234 g/mol. The van der Waals surface area contributed by atoms with Gasteiger partial charge in [0.15, 0.2) is 0 Å². The Hall–Kier alpha value is -1.84. The van der Waals surface area contributed by atoms with Crippen LogP contribution in [0.15, 0.2) is 24.3 Å². The molecule has 92 valence electrons. The predicted octanol–water partition coefficient (Wildman–Crippen LogP) is 1.25. The molecule has 1 unspecified atom stereocenters. The second kappa shape index (κ2) is 6.03. The molecular weight excluding hydrogens is 216 g/mol. The minimum Gasteiger partial charge on any atom is -0.357 e. The van der Waals surface area contributed by atoms with Crippen molar-refractivity contribution >= 4 is 11.8 Å². The Balaban J connectivity index is 2.71. The van der Waals surface area contributed by atoms with E-state index >= 15 is 0 Å². The van der Waals surface area contributed by atoms with Gasteiger partial charge in [0, 0.05) is 12.6 Å². The summed E-state index contributed by atoms with van der Waals surface area (Å²) in [6.45, 7) is 3.82. The first kappa shape index (κ1) is 13.2. The summed E-state index contributed by atoms with van der Waals surface area (Å²) in [6, 6.07) is 6.77.